The fraction of sp³-hybridized carbons (Fsp3) is 0.273. The van der Waals surface area contributed by atoms with Crippen LogP contribution in [0.4, 0.5) is 17.1 Å². The summed E-state index contributed by atoms with van der Waals surface area (Å²) >= 11 is 5.00. The molecule has 0 atom stereocenters. The lowest BCUT2D eigenvalue weighted by molar-refractivity contribution is -0.384. The van der Waals surface area contributed by atoms with Crippen molar-refractivity contribution in [2.75, 3.05) is 17.6 Å². The van der Waals surface area contributed by atoms with Crippen molar-refractivity contribution in [1.82, 2.24) is 5.32 Å². The van der Waals surface area contributed by atoms with Crippen LogP contribution in [0.15, 0.2) is 18.2 Å². The molecule has 8 heteroatoms. The molecule has 0 saturated heterocycles. The van der Waals surface area contributed by atoms with Crippen LogP contribution < -0.4 is 16.4 Å². The van der Waals surface area contributed by atoms with Crippen molar-refractivity contribution in [3.63, 3.8) is 0 Å². The fourth-order valence-corrected chi connectivity index (χ4v) is 1.50. The van der Waals surface area contributed by atoms with Gasteiger partial charge in [-0.3, -0.25) is 14.9 Å². The third-order valence-electron chi connectivity index (χ3n) is 2.26. The maximum atomic E-state index is 10.8. The Morgan fingerprint density at radius 1 is 1.53 bits per heavy atom. The van der Waals surface area contributed by atoms with Crippen molar-refractivity contribution >= 4 is 40.2 Å². The van der Waals surface area contributed by atoms with Gasteiger partial charge >= 0.3 is 0 Å². The number of benzene rings is 1. The Morgan fingerprint density at radius 2 is 2.21 bits per heavy atom. The lowest BCUT2D eigenvalue weighted by Crippen LogP contribution is -2.30. The molecule has 0 aliphatic carbocycles. The van der Waals surface area contributed by atoms with Crippen molar-refractivity contribution < 1.29 is 9.72 Å². The van der Waals surface area contributed by atoms with Crippen molar-refractivity contribution in [3.05, 3.63) is 28.3 Å². The third kappa shape index (κ3) is 4.88. The number of nitrogens with one attached hydrogen (secondary N) is 2. The Balaban J connectivity index is 2.65. The fourth-order valence-electron chi connectivity index (χ4n) is 1.28. The topological polar surface area (TPSA) is 110 Å². The van der Waals surface area contributed by atoms with Crippen LogP contribution in [0.5, 0.6) is 0 Å². The molecule has 0 aliphatic heterocycles. The van der Waals surface area contributed by atoms with Crippen LogP contribution in [0, 0.1) is 10.1 Å². The largest absolute Gasteiger partial charge is 0.397 e. The number of carbonyl (C=O) groups is 1. The highest BCUT2D eigenvalue weighted by Crippen LogP contribution is 2.24. The summed E-state index contributed by atoms with van der Waals surface area (Å²) in [5, 5.41) is 16.5. The van der Waals surface area contributed by atoms with E-state index in [0.717, 1.165) is 0 Å². The minimum absolute atomic E-state index is 0.0464. The number of nitro groups is 1. The van der Waals surface area contributed by atoms with E-state index in [2.05, 4.69) is 10.6 Å². The molecule has 0 spiro atoms. The summed E-state index contributed by atoms with van der Waals surface area (Å²) in [5.74, 6) is 0.0464. The molecule has 1 aromatic rings. The van der Waals surface area contributed by atoms with Crippen LogP contribution in [0.3, 0.4) is 0 Å². The van der Waals surface area contributed by atoms with Crippen molar-refractivity contribution in [2.45, 2.75) is 13.3 Å². The molecule has 1 rings (SSSR count). The number of anilines is 2. The van der Waals surface area contributed by atoms with E-state index in [0.29, 0.717) is 24.3 Å². The average Bonchev–Trinajstić information content (AvgIpc) is 2.31. The van der Waals surface area contributed by atoms with E-state index in [1.165, 1.54) is 25.1 Å². The SMILES string of the molecule is CC(=O)CCNC(=S)Nc1cc([N+](=O)[O-])ccc1N. The number of nitrogens with zero attached hydrogens (tertiary/aromatic N) is 1. The molecule has 0 bridgehead atoms. The number of ketones is 1. The number of nitrogens with two attached hydrogens (primary N) is 1. The molecule has 0 saturated carbocycles. The second kappa shape index (κ2) is 6.64. The first-order valence-electron chi connectivity index (χ1n) is 5.48. The molecule has 7 nitrogen and oxygen atoms in total. The molecule has 19 heavy (non-hydrogen) atoms. The minimum atomic E-state index is -0.517. The van der Waals surface area contributed by atoms with Crippen LogP contribution in [-0.4, -0.2) is 22.4 Å². The summed E-state index contributed by atoms with van der Waals surface area (Å²) in [4.78, 5) is 20.9. The normalized spacial score (nSPS) is 9.74. The second-order valence-corrected chi connectivity index (χ2v) is 4.27. The summed E-state index contributed by atoms with van der Waals surface area (Å²) < 4.78 is 0. The number of rotatable bonds is 5. The summed E-state index contributed by atoms with van der Waals surface area (Å²) in [6.07, 6.45) is 0.353. The lowest BCUT2D eigenvalue weighted by Gasteiger charge is -2.11. The Hall–Kier alpha value is -2.22. The van der Waals surface area contributed by atoms with Gasteiger partial charge in [0.05, 0.1) is 16.3 Å². The summed E-state index contributed by atoms with van der Waals surface area (Å²) in [6, 6.07) is 4.04. The Bertz CT molecular complexity index is 519. The van der Waals surface area contributed by atoms with E-state index in [4.69, 9.17) is 18.0 Å². The first kappa shape index (κ1) is 14.8. The van der Waals surface area contributed by atoms with Crippen molar-refractivity contribution in [3.8, 4) is 0 Å². The zero-order valence-electron chi connectivity index (χ0n) is 10.3. The van der Waals surface area contributed by atoms with Crippen LogP contribution in [0.2, 0.25) is 0 Å². The van der Waals surface area contributed by atoms with Gasteiger partial charge in [-0.1, -0.05) is 0 Å². The van der Waals surface area contributed by atoms with Gasteiger partial charge in [0, 0.05) is 25.1 Å². The Morgan fingerprint density at radius 3 is 2.79 bits per heavy atom. The number of non-ortho nitro benzene ring substituents is 1. The zero-order chi connectivity index (χ0) is 14.4. The van der Waals surface area contributed by atoms with Crippen LogP contribution in [0.1, 0.15) is 13.3 Å². The maximum absolute atomic E-state index is 10.8. The molecule has 102 valence electrons. The van der Waals surface area contributed by atoms with E-state index < -0.39 is 4.92 Å². The standard InChI is InChI=1S/C11H14N4O3S/c1-7(16)4-5-13-11(19)14-10-6-8(15(17)18)2-3-9(10)12/h2-3,6H,4-5,12H2,1H3,(H2,13,14,19). The van der Waals surface area contributed by atoms with Gasteiger partial charge in [0.2, 0.25) is 0 Å². The first-order chi connectivity index (χ1) is 8.90. The molecule has 0 aliphatic rings. The number of thiocarbonyl (C=S) groups is 1. The number of hydrogen-bond acceptors (Lipinski definition) is 5. The Labute approximate surface area is 115 Å². The van der Waals surface area contributed by atoms with Gasteiger partial charge in [0.1, 0.15) is 5.78 Å². The van der Waals surface area contributed by atoms with E-state index in [9.17, 15) is 14.9 Å². The molecule has 1 aromatic carbocycles. The number of Topliss-reactive ketones (excluding diaryl/α,β-unsaturated/α-hetero) is 1. The van der Waals surface area contributed by atoms with E-state index in [1.54, 1.807) is 0 Å². The monoisotopic (exact) mass is 282 g/mol. The van der Waals surface area contributed by atoms with Crippen LogP contribution in [-0.2, 0) is 4.79 Å². The van der Waals surface area contributed by atoms with Crippen LogP contribution in [0.25, 0.3) is 0 Å². The highest BCUT2D eigenvalue weighted by atomic mass is 32.1. The number of carbonyl (C=O) groups excluding carboxylic acids is 1. The average molecular weight is 282 g/mol. The zero-order valence-corrected chi connectivity index (χ0v) is 11.1. The first-order valence-corrected chi connectivity index (χ1v) is 5.89. The van der Waals surface area contributed by atoms with E-state index in [-0.39, 0.29) is 16.6 Å². The number of hydrogen-bond donors (Lipinski definition) is 3. The van der Waals surface area contributed by atoms with Gasteiger partial charge in [-0.15, -0.1) is 0 Å². The summed E-state index contributed by atoms with van der Waals surface area (Å²) in [5.41, 5.74) is 6.31. The van der Waals surface area contributed by atoms with Crippen molar-refractivity contribution in [2.24, 2.45) is 0 Å². The van der Waals surface area contributed by atoms with Gasteiger partial charge in [-0.2, -0.15) is 0 Å². The van der Waals surface area contributed by atoms with Gasteiger partial charge in [-0.05, 0) is 25.2 Å². The Kier molecular flexibility index (Phi) is 5.19. The molecule has 0 unspecified atom stereocenters. The third-order valence-corrected chi connectivity index (χ3v) is 2.50. The molecular weight excluding hydrogens is 268 g/mol. The predicted octanol–water partition coefficient (Wildman–Crippen LogP) is 1.44. The smallest absolute Gasteiger partial charge is 0.271 e. The quantitative estimate of drug-likeness (QED) is 0.324. The van der Waals surface area contributed by atoms with E-state index >= 15 is 0 Å². The van der Waals surface area contributed by atoms with Gasteiger partial charge in [-0.25, -0.2) is 0 Å². The molecule has 4 N–H and O–H groups in total. The van der Waals surface area contributed by atoms with Gasteiger partial charge in [0.15, 0.2) is 5.11 Å². The molecule has 0 amide bonds. The summed E-state index contributed by atoms with van der Waals surface area (Å²) in [7, 11) is 0. The van der Waals surface area contributed by atoms with Crippen LogP contribution >= 0.6 is 12.2 Å². The van der Waals surface area contributed by atoms with Gasteiger partial charge in [0.25, 0.3) is 5.69 Å². The number of nitro benzene ring substituents is 1. The highest BCUT2D eigenvalue weighted by molar-refractivity contribution is 7.80. The summed E-state index contributed by atoms with van der Waals surface area (Å²) in [6.45, 7) is 1.88. The van der Waals surface area contributed by atoms with Gasteiger partial charge < -0.3 is 16.4 Å². The highest BCUT2D eigenvalue weighted by Gasteiger charge is 2.10. The molecule has 0 aromatic heterocycles. The maximum Gasteiger partial charge on any atom is 0.271 e. The lowest BCUT2D eigenvalue weighted by atomic mass is 10.2. The molecule has 0 fully saturated rings. The predicted molar refractivity (Wildman–Crippen MR) is 77.0 cm³/mol. The molecular formula is C11H14N4O3S. The van der Waals surface area contributed by atoms with E-state index in [1.807, 2.05) is 0 Å². The second-order valence-electron chi connectivity index (χ2n) is 3.86. The molecule has 0 heterocycles. The number of nitrogen functional groups attached to an aromatic ring is 1. The molecule has 0 radical (unpaired) electrons. The van der Waals surface area contributed by atoms with Crippen molar-refractivity contribution in [1.29, 1.82) is 0 Å². The minimum Gasteiger partial charge on any atom is -0.397 e.